The van der Waals surface area contributed by atoms with Crippen molar-refractivity contribution in [2.75, 3.05) is 6.61 Å². The SMILES string of the molecule is C[C@@H]1COS(=O)(=O)NC1c1ccccc1. The van der Waals surface area contributed by atoms with E-state index in [0.717, 1.165) is 5.56 Å². The van der Waals surface area contributed by atoms with Gasteiger partial charge in [-0.25, -0.2) is 0 Å². The first-order valence-corrected chi connectivity index (χ1v) is 6.21. The Labute approximate surface area is 89.5 Å². The van der Waals surface area contributed by atoms with Crippen molar-refractivity contribution in [3.8, 4) is 0 Å². The highest BCUT2D eigenvalue weighted by Gasteiger charge is 2.31. The lowest BCUT2D eigenvalue weighted by atomic mass is 9.96. The summed E-state index contributed by atoms with van der Waals surface area (Å²) in [6.07, 6.45) is 0. The van der Waals surface area contributed by atoms with Gasteiger partial charge in [0, 0.05) is 5.92 Å². The van der Waals surface area contributed by atoms with Gasteiger partial charge in [-0.05, 0) is 5.56 Å². The van der Waals surface area contributed by atoms with E-state index in [0.29, 0.717) is 0 Å². The molecule has 1 unspecified atom stereocenters. The van der Waals surface area contributed by atoms with Gasteiger partial charge in [-0.2, -0.15) is 13.1 Å². The third kappa shape index (κ3) is 2.37. The third-order valence-electron chi connectivity index (χ3n) is 2.49. The predicted octanol–water partition coefficient (Wildman–Crippen LogP) is 1.23. The molecule has 0 aliphatic carbocycles. The number of hydrogen-bond acceptors (Lipinski definition) is 3. The van der Waals surface area contributed by atoms with Crippen molar-refractivity contribution in [3.05, 3.63) is 35.9 Å². The second kappa shape index (κ2) is 3.92. The Morgan fingerprint density at radius 1 is 1.33 bits per heavy atom. The lowest BCUT2D eigenvalue weighted by Gasteiger charge is -2.29. The van der Waals surface area contributed by atoms with Gasteiger partial charge in [0.1, 0.15) is 0 Å². The molecule has 5 heteroatoms. The number of nitrogens with one attached hydrogen (secondary N) is 1. The standard InChI is InChI=1S/C10H13NO3S/c1-8-7-14-15(12,13)11-10(8)9-5-3-2-4-6-9/h2-6,8,10-11H,7H2,1H3/t8-,10?/m1/s1. The van der Waals surface area contributed by atoms with Crippen molar-refractivity contribution in [2.24, 2.45) is 5.92 Å². The zero-order valence-corrected chi connectivity index (χ0v) is 9.20. The maximum atomic E-state index is 11.2. The first-order valence-electron chi connectivity index (χ1n) is 4.80. The fourth-order valence-corrected chi connectivity index (χ4v) is 2.80. The summed E-state index contributed by atoms with van der Waals surface area (Å²) in [5.41, 5.74) is 0.969. The van der Waals surface area contributed by atoms with Crippen LogP contribution in [0.15, 0.2) is 30.3 Å². The maximum Gasteiger partial charge on any atom is 0.336 e. The minimum Gasteiger partial charge on any atom is -0.258 e. The topological polar surface area (TPSA) is 55.4 Å². The molecule has 1 aliphatic heterocycles. The second-order valence-electron chi connectivity index (χ2n) is 3.72. The average Bonchev–Trinajstić information content (AvgIpc) is 2.23. The molecule has 0 amide bonds. The smallest absolute Gasteiger partial charge is 0.258 e. The molecule has 1 aliphatic rings. The maximum absolute atomic E-state index is 11.2. The highest BCUT2D eigenvalue weighted by atomic mass is 32.2. The van der Waals surface area contributed by atoms with Crippen LogP contribution in [0.3, 0.4) is 0 Å². The van der Waals surface area contributed by atoms with E-state index in [4.69, 9.17) is 4.18 Å². The van der Waals surface area contributed by atoms with Gasteiger partial charge in [-0.15, -0.1) is 0 Å². The van der Waals surface area contributed by atoms with Crippen LogP contribution in [0.25, 0.3) is 0 Å². The molecule has 1 saturated heterocycles. The van der Waals surface area contributed by atoms with Gasteiger partial charge >= 0.3 is 10.3 Å². The molecular formula is C10H13NO3S. The van der Waals surface area contributed by atoms with Gasteiger partial charge in [-0.1, -0.05) is 37.3 Å². The van der Waals surface area contributed by atoms with E-state index in [1.165, 1.54) is 0 Å². The predicted molar refractivity (Wildman–Crippen MR) is 56.4 cm³/mol. The Hall–Kier alpha value is -0.910. The largest absolute Gasteiger partial charge is 0.336 e. The van der Waals surface area contributed by atoms with E-state index in [9.17, 15) is 8.42 Å². The van der Waals surface area contributed by atoms with Gasteiger partial charge in [0.2, 0.25) is 0 Å². The minimum atomic E-state index is -3.56. The Balaban J connectivity index is 2.28. The normalized spacial score (nSPS) is 29.9. The fourth-order valence-electron chi connectivity index (χ4n) is 1.66. The van der Waals surface area contributed by atoms with Gasteiger partial charge < -0.3 is 0 Å². The van der Waals surface area contributed by atoms with Crippen LogP contribution in [-0.2, 0) is 14.5 Å². The highest BCUT2D eigenvalue weighted by molar-refractivity contribution is 7.84. The first kappa shape index (κ1) is 10.6. The van der Waals surface area contributed by atoms with Gasteiger partial charge in [0.25, 0.3) is 0 Å². The van der Waals surface area contributed by atoms with E-state index in [2.05, 4.69) is 4.72 Å². The van der Waals surface area contributed by atoms with E-state index in [1.807, 2.05) is 37.3 Å². The number of hydrogen-bond donors (Lipinski definition) is 1. The van der Waals surface area contributed by atoms with Crippen molar-refractivity contribution >= 4 is 10.3 Å². The van der Waals surface area contributed by atoms with E-state index >= 15 is 0 Å². The molecule has 1 N–H and O–H groups in total. The summed E-state index contributed by atoms with van der Waals surface area (Å²) in [5, 5.41) is 0. The summed E-state index contributed by atoms with van der Waals surface area (Å²) in [6, 6.07) is 9.33. The van der Waals surface area contributed by atoms with Gasteiger partial charge in [0.05, 0.1) is 12.6 Å². The summed E-state index contributed by atoms with van der Waals surface area (Å²) in [4.78, 5) is 0. The van der Waals surface area contributed by atoms with E-state index in [1.54, 1.807) is 0 Å². The van der Waals surface area contributed by atoms with Crippen LogP contribution in [0, 0.1) is 5.92 Å². The lowest BCUT2D eigenvalue weighted by molar-refractivity contribution is 0.197. The van der Waals surface area contributed by atoms with Gasteiger partial charge in [-0.3, -0.25) is 4.18 Å². The van der Waals surface area contributed by atoms with Crippen LogP contribution in [0.5, 0.6) is 0 Å². The number of rotatable bonds is 1. The Bertz CT molecular complexity index is 429. The fraction of sp³-hybridized carbons (Fsp3) is 0.400. The van der Waals surface area contributed by atoms with E-state index < -0.39 is 10.3 Å². The highest BCUT2D eigenvalue weighted by Crippen LogP contribution is 2.26. The molecule has 0 bridgehead atoms. The molecule has 0 saturated carbocycles. The van der Waals surface area contributed by atoms with Crippen molar-refractivity contribution in [3.63, 3.8) is 0 Å². The molecule has 1 aromatic carbocycles. The molecule has 15 heavy (non-hydrogen) atoms. The van der Waals surface area contributed by atoms with Crippen LogP contribution in [0.1, 0.15) is 18.5 Å². The van der Waals surface area contributed by atoms with Crippen molar-refractivity contribution in [1.82, 2.24) is 4.72 Å². The molecule has 1 heterocycles. The lowest BCUT2D eigenvalue weighted by Crippen LogP contribution is -2.41. The zero-order valence-electron chi connectivity index (χ0n) is 8.38. The molecule has 82 valence electrons. The average molecular weight is 227 g/mol. The molecule has 0 aromatic heterocycles. The van der Waals surface area contributed by atoms with Crippen molar-refractivity contribution in [2.45, 2.75) is 13.0 Å². The summed E-state index contributed by atoms with van der Waals surface area (Å²) in [7, 11) is -3.56. The van der Waals surface area contributed by atoms with Crippen LogP contribution >= 0.6 is 0 Å². The number of benzene rings is 1. The molecule has 1 aromatic rings. The van der Waals surface area contributed by atoms with E-state index in [-0.39, 0.29) is 18.6 Å². The molecule has 4 nitrogen and oxygen atoms in total. The molecular weight excluding hydrogens is 214 g/mol. The summed E-state index contributed by atoms with van der Waals surface area (Å²) in [5.74, 6) is 0.135. The monoisotopic (exact) mass is 227 g/mol. The molecule has 1 fully saturated rings. The first-order chi connectivity index (χ1) is 7.08. The Morgan fingerprint density at radius 2 is 2.00 bits per heavy atom. The molecule has 0 spiro atoms. The second-order valence-corrected chi connectivity index (χ2v) is 5.10. The summed E-state index contributed by atoms with van der Waals surface area (Å²) >= 11 is 0. The molecule has 0 radical (unpaired) electrons. The van der Waals surface area contributed by atoms with Crippen LogP contribution in [0.4, 0.5) is 0 Å². The summed E-state index contributed by atoms with van der Waals surface area (Å²) < 4.78 is 29.7. The zero-order chi connectivity index (χ0) is 10.9. The van der Waals surface area contributed by atoms with Crippen LogP contribution < -0.4 is 4.72 Å². The van der Waals surface area contributed by atoms with Crippen molar-refractivity contribution in [1.29, 1.82) is 0 Å². The third-order valence-corrected chi connectivity index (χ3v) is 3.47. The minimum absolute atomic E-state index is 0.135. The van der Waals surface area contributed by atoms with Crippen molar-refractivity contribution < 1.29 is 12.6 Å². The van der Waals surface area contributed by atoms with Crippen LogP contribution in [0.2, 0.25) is 0 Å². The molecule has 2 atom stereocenters. The quantitative estimate of drug-likeness (QED) is 0.785. The molecule has 2 rings (SSSR count). The Morgan fingerprint density at radius 3 is 2.67 bits per heavy atom. The van der Waals surface area contributed by atoms with Crippen LogP contribution in [-0.4, -0.2) is 15.0 Å². The Kier molecular flexibility index (Phi) is 2.77. The summed E-state index contributed by atoms with van der Waals surface area (Å²) in [6.45, 7) is 2.19. The van der Waals surface area contributed by atoms with Gasteiger partial charge in [0.15, 0.2) is 0 Å².